The fraction of sp³-hybridized carbons (Fsp3) is 0.500. The van der Waals surface area contributed by atoms with Crippen molar-refractivity contribution in [1.29, 1.82) is 0 Å². The van der Waals surface area contributed by atoms with E-state index in [-0.39, 0.29) is 29.7 Å². The lowest BCUT2D eigenvalue weighted by Gasteiger charge is -2.36. The molecule has 1 aromatic rings. The summed E-state index contributed by atoms with van der Waals surface area (Å²) in [5, 5.41) is 2.99. The van der Waals surface area contributed by atoms with Crippen molar-refractivity contribution in [3.63, 3.8) is 0 Å². The minimum Gasteiger partial charge on any atom is -0.352 e. The molecule has 3 rings (SSSR count). The molecule has 3 atom stereocenters. The van der Waals surface area contributed by atoms with Crippen LogP contribution >= 0.6 is 0 Å². The minimum absolute atomic E-state index is 0.00822. The number of aryl methyl sites for hydroxylation is 1. The number of hydrogen-bond donors (Lipinski definition) is 3. The van der Waals surface area contributed by atoms with Crippen molar-refractivity contribution in [2.45, 2.75) is 19.5 Å². The van der Waals surface area contributed by atoms with Crippen molar-refractivity contribution in [3.05, 3.63) is 35.4 Å². The summed E-state index contributed by atoms with van der Waals surface area (Å²) in [4.78, 5) is 26.4. The van der Waals surface area contributed by atoms with E-state index >= 15 is 0 Å². The largest absolute Gasteiger partial charge is 0.352 e. The molecule has 0 bridgehead atoms. The van der Waals surface area contributed by atoms with Crippen LogP contribution in [0.5, 0.6) is 0 Å². The Kier molecular flexibility index (Phi) is 4.13. The van der Waals surface area contributed by atoms with Gasteiger partial charge in [-0.3, -0.25) is 15.0 Å². The third-order valence-electron chi connectivity index (χ3n) is 4.51. The predicted octanol–water partition coefficient (Wildman–Crippen LogP) is -0.208. The molecule has 0 aliphatic carbocycles. The third kappa shape index (κ3) is 2.98. The molecule has 6 heteroatoms. The smallest absolute Gasteiger partial charge is 0.240 e. The molecular weight excluding hydrogens is 280 g/mol. The molecular formula is C16H22N4O2. The Hall–Kier alpha value is -1.92. The van der Waals surface area contributed by atoms with Crippen LogP contribution in [0.15, 0.2) is 24.3 Å². The number of hydrogen-bond acceptors (Lipinski definition) is 4. The number of nitrogens with zero attached hydrogens (tertiary/aromatic N) is 1. The maximum absolute atomic E-state index is 12.5. The maximum atomic E-state index is 12.5. The zero-order valence-corrected chi connectivity index (χ0v) is 12.9. The third-order valence-corrected chi connectivity index (χ3v) is 4.51. The number of amides is 2. The number of hydrazine groups is 1. The van der Waals surface area contributed by atoms with Crippen molar-refractivity contribution in [2.75, 3.05) is 20.1 Å². The second kappa shape index (κ2) is 6.06. The minimum atomic E-state index is -0.229. The van der Waals surface area contributed by atoms with Crippen LogP contribution in [0.25, 0.3) is 0 Å². The maximum Gasteiger partial charge on any atom is 0.240 e. The van der Waals surface area contributed by atoms with E-state index < -0.39 is 0 Å². The summed E-state index contributed by atoms with van der Waals surface area (Å²) in [6.45, 7) is 3.89. The van der Waals surface area contributed by atoms with Crippen molar-refractivity contribution >= 4 is 11.8 Å². The lowest BCUT2D eigenvalue weighted by atomic mass is 9.84. The molecule has 22 heavy (non-hydrogen) atoms. The van der Waals surface area contributed by atoms with Crippen LogP contribution < -0.4 is 16.2 Å². The second-order valence-electron chi connectivity index (χ2n) is 6.30. The molecule has 0 aromatic heterocycles. The Morgan fingerprint density at radius 3 is 2.77 bits per heavy atom. The number of nitrogens with one attached hydrogen (secondary N) is 3. The first-order chi connectivity index (χ1) is 10.5. The average Bonchev–Trinajstić information content (AvgIpc) is 2.87. The normalized spacial score (nSPS) is 28.1. The van der Waals surface area contributed by atoms with Gasteiger partial charge in [0.05, 0.1) is 17.9 Å². The van der Waals surface area contributed by atoms with Gasteiger partial charge in [0.25, 0.3) is 0 Å². The first-order valence-electron chi connectivity index (χ1n) is 7.62. The molecule has 2 saturated heterocycles. The van der Waals surface area contributed by atoms with E-state index in [1.165, 1.54) is 5.56 Å². The molecule has 6 nitrogen and oxygen atoms in total. The van der Waals surface area contributed by atoms with E-state index in [0.29, 0.717) is 19.6 Å². The summed E-state index contributed by atoms with van der Waals surface area (Å²) >= 11 is 0. The molecule has 2 aliphatic heterocycles. The van der Waals surface area contributed by atoms with Crippen LogP contribution in [-0.4, -0.2) is 42.9 Å². The fourth-order valence-electron chi connectivity index (χ4n) is 3.22. The second-order valence-corrected chi connectivity index (χ2v) is 6.30. The van der Waals surface area contributed by atoms with Crippen molar-refractivity contribution in [2.24, 2.45) is 11.8 Å². The molecule has 0 saturated carbocycles. The highest BCUT2D eigenvalue weighted by molar-refractivity contribution is 5.85. The van der Waals surface area contributed by atoms with E-state index in [0.717, 1.165) is 5.56 Å². The van der Waals surface area contributed by atoms with E-state index in [9.17, 15) is 9.59 Å². The number of carbonyl (C=O) groups excluding carboxylic acids is 2. The van der Waals surface area contributed by atoms with Crippen LogP contribution in [0.3, 0.4) is 0 Å². The lowest BCUT2D eigenvalue weighted by Crippen LogP contribution is -2.55. The first-order valence-corrected chi connectivity index (χ1v) is 7.62. The Morgan fingerprint density at radius 1 is 1.32 bits per heavy atom. The van der Waals surface area contributed by atoms with E-state index in [1.807, 2.05) is 43.1 Å². The molecule has 3 unspecified atom stereocenters. The highest BCUT2D eigenvalue weighted by Crippen LogP contribution is 2.25. The van der Waals surface area contributed by atoms with E-state index in [1.54, 1.807) is 0 Å². The Morgan fingerprint density at radius 2 is 2.05 bits per heavy atom. The number of likely N-dealkylation sites (tertiary alicyclic amines) is 1. The van der Waals surface area contributed by atoms with Crippen LogP contribution in [0.4, 0.5) is 0 Å². The quantitative estimate of drug-likeness (QED) is 0.722. The van der Waals surface area contributed by atoms with Crippen LogP contribution in [0.1, 0.15) is 11.1 Å². The average molecular weight is 302 g/mol. The van der Waals surface area contributed by atoms with Crippen molar-refractivity contribution in [3.8, 4) is 0 Å². The van der Waals surface area contributed by atoms with Gasteiger partial charge in [-0.25, -0.2) is 5.43 Å². The Balaban J connectivity index is 1.63. The summed E-state index contributed by atoms with van der Waals surface area (Å²) in [6, 6.07) is 7.98. The van der Waals surface area contributed by atoms with Gasteiger partial charge in [-0.15, -0.1) is 0 Å². The molecule has 118 valence electrons. The lowest BCUT2D eigenvalue weighted by molar-refractivity contribution is -0.129. The molecule has 2 amide bonds. The summed E-state index contributed by atoms with van der Waals surface area (Å²) in [6.07, 6.45) is 0. The van der Waals surface area contributed by atoms with Gasteiger partial charge in [0.15, 0.2) is 0 Å². The van der Waals surface area contributed by atoms with Crippen molar-refractivity contribution in [1.82, 2.24) is 21.1 Å². The van der Waals surface area contributed by atoms with Crippen molar-refractivity contribution < 1.29 is 9.59 Å². The van der Waals surface area contributed by atoms with Crippen LogP contribution in [0.2, 0.25) is 0 Å². The van der Waals surface area contributed by atoms with Crippen LogP contribution in [0, 0.1) is 18.8 Å². The van der Waals surface area contributed by atoms with Gasteiger partial charge in [-0.2, -0.15) is 0 Å². The summed E-state index contributed by atoms with van der Waals surface area (Å²) in [5.74, 6) is -0.416. The predicted molar refractivity (Wildman–Crippen MR) is 82.6 cm³/mol. The molecule has 0 spiro atoms. The van der Waals surface area contributed by atoms with Crippen LogP contribution in [-0.2, 0) is 16.1 Å². The summed E-state index contributed by atoms with van der Waals surface area (Å²) in [5.41, 5.74) is 7.91. The Bertz CT molecular complexity index is 572. The Labute approximate surface area is 130 Å². The van der Waals surface area contributed by atoms with Gasteiger partial charge in [0.2, 0.25) is 11.8 Å². The highest BCUT2D eigenvalue weighted by atomic mass is 16.2. The standard InChI is InChI=1S/C16H22N4O2/c1-10-3-5-11(6-4-10)7-17-15(21)12-8-20(2)9-13-14(12)18-19-16(13)22/h3-6,12-14,18H,7-9H2,1-2H3,(H,17,21)(H,19,22). The molecule has 2 aliphatic rings. The molecule has 2 heterocycles. The number of fused-ring (bicyclic) bond motifs is 1. The molecule has 2 fully saturated rings. The summed E-state index contributed by atoms with van der Waals surface area (Å²) in [7, 11) is 1.95. The fourth-order valence-corrected chi connectivity index (χ4v) is 3.22. The topological polar surface area (TPSA) is 73.5 Å². The SMILES string of the molecule is Cc1ccc(CNC(=O)C2CN(C)CC3C(=O)NNC23)cc1. The van der Waals surface area contributed by atoms with Gasteiger partial charge in [-0.05, 0) is 19.5 Å². The molecule has 0 radical (unpaired) electrons. The monoisotopic (exact) mass is 302 g/mol. The first kappa shape index (κ1) is 15.0. The van der Waals surface area contributed by atoms with Gasteiger partial charge < -0.3 is 10.2 Å². The molecule has 1 aromatic carbocycles. The molecule has 3 N–H and O–H groups in total. The van der Waals surface area contributed by atoms with E-state index in [2.05, 4.69) is 16.2 Å². The number of piperidine rings is 1. The number of benzene rings is 1. The van der Waals surface area contributed by atoms with Gasteiger partial charge >= 0.3 is 0 Å². The summed E-state index contributed by atoms with van der Waals surface area (Å²) < 4.78 is 0. The van der Waals surface area contributed by atoms with Gasteiger partial charge in [-0.1, -0.05) is 29.8 Å². The highest BCUT2D eigenvalue weighted by Gasteiger charge is 2.46. The zero-order valence-electron chi connectivity index (χ0n) is 12.9. The number of rotatable bonds is 3. The van der Waals surface area contributed by atoms with Gasteiger partial charge in [0, 0.05) is 19.6 Å². The van der Waals surface area contributed by atoms with E-state index in [4.69, 9.17) is 0 Å². The van der Waals surface area contributed by atoms with Gasteiger partial charge in [0.1, 0.15) is 0 Å². The zero-order chi connectivity index (χ0) is 15.7. The number of carbonyl (C=O) groups is 2.